The highest BCUT2D eigenvalue weighted by Crippen LogP contribution is 2.31. The summed E-state index contributed by atoms with van der Waals surface area (Å²) in [5, 5.41) is 0. The summed E-state index contributed by atoms with van der Waals surface area (Å²) in [5.41, 5.74) is 5.33. The first-order valence-corrected chi connectivity index (χ1v) is 5.93. The summed E-state index contributed by atoms with van der Waals surface area (Å²) in [5.74, 6) is 0. The van der Waals surface area contributed by atoms with Gasteiger partial charge in [-0.3, -0.25) is 0 Å². The van der Waals surface area contributed by atoms with Crippen LogP contribution in [0.4, 0.5) is 5.69 Å². The van der Waals surface area contributed by atoms with Crippen LogP contribution in [0.1, 0.15) is 11.1 Å². The highest BCUT2D eigenvalue weighted by molar-refractivity contribution is 5.83. The van der Waals surface area contributed by atoms with E-state index in [4.69, 9.17) is 0 Å². The highest BCUT2D eigenvalue weighted by atomic mass is 15.1. The molecule has 0 saturated heterocycles. The van der Waals surface area contributed by atoms with Crippen LogP contribution in [0.2, 0.25) is 0 Å². The molecule has 0 spiro atoms. The topological polar surface area (TPSA) is 3.24 Å². The summed E-state index contributed by atoms with van der Waals surface area (Å²) < 4.78 is 0. The van der Waals surface area contributed by atoms with Gasteiger partial charge < -0.3 is 4.90 Å². The Morgan fingerprint density at radius 2 is 1.59 bits per heavy atom. The lowest BCUT2D eigenvalue weighted by Gasteiger charge is -2.21. The summed E-state index contributed by atoms with van der Waals surface area (Å²) in [4.78, 5) is 2.26. The lowest BCUT2D eigenvalue weighted by atomic mass is 10.1. The number of anilines is 1. The second-order valence-electron chi connectivity index (χ2n) is 4.35. The fourth-order valence-corrected chi connectivity index (χ4v) is 2.37. The van der Waals surface area contributed by atoms with Gasteiger partial charge in [0.15, 0.2) is 0 Å². The van der Waals surface area contributed by atoms with Crippen molar-refractivity contribution >= 4 is 11.4 Å². The van der Waals surface area contributed by atoms with Gasteiger partial charge >= 0.3 is 0 Å². The van der Waals surface area contributed by atoms with Gasteiger partial charge in [-0.1, -0.05) is 48.5 Å². The average Bonchev–Trinajstić information content (AvgIpc) is 2.83. The molecular weight excluding hydrogens is 206 g/mol. The summed E-state index contributed by atoms with van der Waals surface area (Å²) in [6.45, 7) is 0. The molecule has 1 aliphatic carbocycles. The predicted molar refractivity (Wildman–Crippen MR) is 73.0 cm³/mol. The molecule has 0 N–H and O–H groups in total. The molecule has 0 amide bonds. The molecule has 0 radical (unpaired) electrons. The van der Waals surface area contributed by atoms with Crippen molar-refractivity contribution in [2.24, 2.45) is 0 Å². The average molecular weight is 221 g/mol. The normalized spacial score (nSPS) is 13.1. The number of fused-ring (bicyclic) bond motifs is 1. The molecule has 0 aromatic heterocycles. The molecule has 0 aliphatic heterocycles. The zero-order chi connectivity index (χ0) is 11.7. The molecule has 84 valence electrons. The lowest BCUT2D eigenvalue weighted by molar-refractivity contribution is 1.22. The number of benzene rings is 2. The molecule has 0 atom stereocenters. The molecular formula is C16H15N. The van der Waals surface area contributed by atoms with E-state index in [1.807, 2.05) is 6.07 Å². The van der Waals surface area contributed by atoms with Crippen LogP contribution >= 0.6 is 0 Å². The van der Waals surface area contributed by atoms with E-state index in [9.17, 15) is 0 Å². The van der Waals surface area contributed by atoms with Gasteiger partial charge in [-0.25, -0.2) is 0 Å². The molecule has 3 rings (SSSR count). The third-order valence-electron chi connectivity index (χ3n) is 3.31. The van der Waals surface area contributed by atoms with Gasteiger partial charge in [-0.05, 0) is 24.1 Å². The number of hydrogen-bond acceptors (Lipinski definition) is 1. The summed E-state index contributed by atoms with van der Waals surface area (Å²) in [7, 11) is 2.13. The molecule has 1 nitrogen and oxygen atoms in total. The van der Waals surface area contributed by atoms with Gasteiger partial charge in [0.2, 0.25) is 0 Å². The van der Waals surface area contributed by atoms with Crippen LogP contribution in [-0.2, 0) is 6.42 Å². The number of para-hydroxylation sites is 1. The molecule has 0 unspecified atom stereocenters. The van der Waals surface area contributed by atoms with Gasteiger partial charge in [0.25, 0.3) is 0 Å². The zero-order valence-electron chi connectivity index (χ0n) is 9.93. The monoisotopic (exact) mass is 221 g/mol. The van der Waals surface area contributed by atoms with Crippen LogP contribution in [0.5, 0.6) is 0 Å². The third kappa shape index (κ3) is 1.74. The number of nitrogens with zero attached hydrogens (tertiary/aromatic N) is 1. The van der Waals surface area contributed by atoms with E-state index >= 15 is 0 Å². The SMILES string of the molecule is CN(C1=CCc2ccccc21)c1ccccc1. The molecule has 0 heterocycles. The predicted octanol–water partition coefficient (Wildman–Crippen LogP) is 3.72. The quantitative estimate of drug-likeness (QED) is 0.747. The second-order valence-corrected chi connectivity index (χ2v) is 4.35. The van der Waals surface area contributed by atoms with Gasteiger partial charge in [-0.15, -0.1) is 0 Å². The maximum Gasteiger partial charge on any atom is 0.0447 e. The van der Waals surface area contributed by atoms with Crippen LogP contribution in [0, 0.1) is 0 Å². The Morgan fingerprint density at radius 1 is 0.882 bits per heavy atom. The minimum absolute atomic E-state index is 1.04. The van der Waals surface area contributed by atoms with Crippen LogP contribution in [0.25, 0.3) is 5.70 Å². The first kappa shape index (κ1) is 10.2. The third-order valence-corrected chi connectivity index (χ3v) is 3.31. The van der Waals surface area contributed by atoms with Gasteiger partial charge in [-0.2, -0.15) is 0 Å². The van der Waals surface area contributed by atoms with E-state index in [0.717, 1.165) is 6.42 Å². The van der Waals surface area contributed by atoms with Crippen LogP contribution in [0.15, 0.2) is 60.7 Å². The van der Waals surface area contributed by atoms with E-state index < -0.39 is 0 Å². The van der Waals surface area contributed by atoms with Gasteiger partial charge in [0.05, 0.1) is 0 Å². The largest absolute Gasteiger partial charge is 0.344 e. The Bertz CT molecular complexity index is 555. The molecule has 0 bridgehead atoms. The molecule has 1 heteroatoms. The van der Waals surface area contributed by atoms with E-state index in [2.05, 4.69) is 66.6 Å². The lowest BCUT2D eigenvalue weighted by Crippen LogP contribution is -2.14. The minimum Gasteiger partial charge on any atom is -0.344 e. The van der Waals surface area contributed by atoms with E-state index in [-0.39, 0.29) is 0 Å². The molecule has 0 saturated carbocycles. The fraction of sp³-hybridized carbons (Fsp3) is 0.125. The number of rotatable bonds is 2. The maximum absolute atomic E-state index is 2.30. The van der Waals surface area contributed by atoms with Crippen molar-refractivity contribution < 1.29 is 0 Å². The second kappa shape index (κ2) is 4.10. The Hall–Kier alpha value is -2.02. The first-order valence-electron chi connectivity index (χ1n) is 5.93. The molecule has 0 fully saturated rings. The van der Waals surface area contributed by atoms with Gasteiger partial charge in [0, 0.05) is 24.0 Å². The van der Waals surface area contributed by atoms with Crippen molar-refractivity contribution in [3.63, 3.8) is 0 Å². The van der Waals surface area contributed by atoms with Crippen molar-refractivity contribution in [2.75, 3.05) is 11.9 Å². The summed E-state index contributed by atoms with van der Waals surface area (Å²) >= 11 is 0. The number of allylic oxidation sites excluding steroid dienone is 1. The molecule has 2 aromatic rings. The zero-order valence-corrected chi connectivity index (χ0v) is 9.93. The van der Waals surface area contributed by atoms with Crippen molar-refractivity contribution in [2.45, 2.75) is 6.42 Å². The van der Waals surface area contributed by atoms with Crippen LogP contribution < -0.4 is 4.90 Å². The minimum atomic E-state index is 1.04. The van der Waals surface area contributed by atoms with E-state index in [1.165, 1.54) is 22.5 Å². The number of hydrogen-bond donors (Lipinski definition) is 0. The molecule has 1 aliphatic rings. The van der Waals surface area contributed by atoms with Gasteiger partial charge in [0.1, 0.15) is 0 Å². The summed E-state index contributed by atoms with van der Waals surface area (Å²) in [6, 6.07) is 19.1. The molecule has 2 aromatic carbocycles. The van der Waals surface area contributed by atoms with Crippen molar-refractivity contribution in [3.8, 4) is 0 Å². The maximum atomic E-state index is 2.30. The van der Waals surface area contributed by atoms with Crippen molar-refractivity contribution in [1.82, 2.24) is 0 Å². The van der Waals surface area contributed by atoms with Crippen molar-refractivity contribution in [1.29, 1.82) is 0 Å². The van der Waals surface area contributed by atoms with Crippen LogP contribution in [-0.4, -0.2) is 7.05 Å². The highest BCUT2D eigenvalue weighted by Gasteiger charge is 2.17. The first-order chi connectivity index (χ1) is 8.36. The Kier molecular flexibility index (Phi) is 2.45. The van der Waals surface area contributed by atoms with Crippen molar-refractivity contribution in [3.05, 3.63) is 71.8 Å². The Morgan fingerprint density at radius 3 is 2.41 bits per heavy atom. The standard InChI is InChI=1S/C16H15N/c1-17(14-8-3-2-4-9-14)16-12-11-13-7-5-6-10-15(13)16/h2-10,12H,11H2,1H3. The molecule has 17 heavy (non-hydrogen) atoms. The fourth-order valence-electron chi connectivity index (χ4n) is 2.37. The van der Waals surface area contributed by atoms with E-state index in [1.54, 1.807) is 0 Å². The van der Waals surface area contributed by atoms with Crippen LogP contribution in [0.3, 0.4) is 0 Å². The Labute approximate surface area is 102 Å². The Balaban J connectivity index is 1.98. The summed E-state index contributed by atoms with van der Waals surface area (Å²) in [6.07, 6.45) is 3.35. The smallest absolute Gasteiger partial charge is 0.0447 e. The van der Waals surface area contributed by atoms with E-state index in [0.29, 0.717) is 0 Å².